The third-order valence-electron chi connectivity index (χ3n) is 7.39. The molecule has 234 valence electrons. The van der Waals surface area contributed by atoms with E-state index in [2.05, 4.69) is 32.4 Å². The lowest BCUT2D eigenvalue weighted by atomic mass is 9.86. The molecule has 0 aliphatic rings. The van der Waals surface area contributed by atoms with Gasteiger partial charge in [-0.1, -0.05) is 57.2 Å². The fourth-order valence-electron chi connectivity index (χ4n) is 5.07. The highest BCUT2D eigenvalue weighted by atomic mass is 32.2. The van der Waals surface area contributed by atoms with Crippen molar-refractivity contribution in [1.82, 2.24) is 24.8 Å². The standard InChI is InChI=1S/C33H37N7O4S/c1-8-29-25(19-34-40(29)24-12-10-9-11-13-24)28-20-39(38-36-28)30-16-22(15-14-21(30)2)32(41)35-26-17-23(33(3,4)5)18-27(31(26)44-6)37-45(7,42)43/h9-20,37H,8H2,1-7H3,(H,35,41). The fourth-order valence-corrected chi connectivity index (χ4v) is 5.62. The van der Waals surface area contributed by atoms with E-state index in [1.807, 2.05) is 75.0 Å². The molecule has 0 spiro atoms. The van der Waals surface area contributed by atoms with Crippen molar-refractivity contribution in [2.45, 2.75) is 46.5 Å². The second-order valence-corrected chi connectivity index (χ2v) is 13.6. The number of carbonyl (C=O) groups is 1. The minimum atomic E-state index is -3.61. The van der Waals surface area contributed by atoms with Crippen LogP contribution in [0.5, 0.6) is 5.75 Å². The summed E-state index contributed by atoms with van der Waals surface area (Å²) in [6.45, 7) is 10.0. The summed E-state index contributed by atoms with van der Waals surface area (Å²) >= 11 is 0. The lowest BCUT2D eigenvalue weighted by molar-refractivity contribution is 0.102. The smallest absolute Gasteiger partial charge is 0.255 e. The summed E-state index contributed by atoms with van der Waals surface area (Å²) in [6, 6.07) is 18.7. The van der Waals surface area contributed by atoms with Crippen LogP contribution in [0.4, 0.5) is 11.4 Å². The Kier molecular flexibility index (Phi) is 8.53. The number of para-hydroxylation sites is 1. The van der Waals surface area contributed by atoms with Crippen LogP contribution in [0.15, 0.2) is 73.1 Å². The third-order valence-corrected chi connectivity index (χ3v) is 7.99. The van der Waals surface area contributed by atoms with Crippen molar-refractivity contribution < 1.29 is 17.9 Å². The molecule has 0 atom stereocenters. The highest BCUT2D eigenvalue weighted by molar-refractivity contribution is 7.92. The molecule has 2 N–H and O–H groups in total. The highest BCUT2D eigenvalue weighted by Gasteiger charge is 2.23. The summed E-state index contributed by atoms with van der Waals surface area (Å²) in [5.41, 5.74) is 6.53. The minimum absolute atomic E-state index is 0.206. The predicted octanol–water partition coefficient (Wildman–Crippen LogP) is 5.92. The molecule has 0 radical (unpaired) electrons. The number of methoxy groups -OCH3 is 1. The molecule has 0 bridgehead atoms. The number of hydrogen-bond acceptors (Lipinski definition) is 7. The Balaban J connectivity index is 1.48. The van der Waals surface area contributed by atoms with E-state index in [4.69, 9.17) is 4.74 Å². The van der Waals surface area contributed by atoms with E-state index < -0.39 is 15.9 Å². The van der Waals surface area contributed by atoms with Crippen LogP contribution in [0.3, 0.4) is 0 Å². The summed E-state index contributed by atoms with van der Waals surface area (Å²) in [5.74, 6) is -0.193. The van der Waals surface area contributed by atoms with Crippen LogP contribution in [0.2, 0.25) is 0 Å². The normalized spacial score (nSPS) is 11.8. The van der Waals surface area contributed by atoms with Crippen molar-refractivity contribution >= 4 is 27.3 Å². The van der Waals surface area contributed by atoms with E-state index in [0.29, 0.717) is 22.6 Å². The number of nitrogens with zero attached hydrogens (tertiary/aromatic N) is 5. The molecular weight excluding hydrogens is 590 g/mol. The number of rotatable bonds is 9. The number of benzene rings is 3. The average molecular weight is 628 g/mol. The second-order valence-electron chi connectivity index (χ2n) is 11.8. The Hall–Kier alpha value is -4.97. The van der Waals surface area contributed by atoms with Crippen LogP contribution < -0.4 is 14.8 Å². The number of aromatic nitrogens is 5. The van der Waals surface area contributed by atoms with Crippen LogP contribution in [0.1, 0.15) is 54.9 Å². The fraction of sp³-hybridized carbons (Fsp3) is 0.273. The van der Waals surface area contributed by atoms with Gasteiger partial charge in [-0.2, -0.15) is 5.10 Å². The van der Waals surface area contributed by atoms with Crippen LogP contribution in [-0.4, -0.2) is 52.5 Å². The summed E-state index contributed by atoms with van der Waals surface area (Å²) in [4.78, 5) is 13.6. The maximum Gasteiger partial charge on any atom is 0.255 e. The first-order valence-electron chi connectivity index (χ1n) is 14.5. The second kappa shape index (κ2) is 12.2. The third kappa shape index (κ3) is 6.75. The van der Waals surface area contributed by atoms with Gasteiger partial charge < -0.3 is 10.1 Å². The van der Waals surface area contributed by atoms with Gasteiger partial charge in [0.05, 0.1) is 54.2 Å². The van der Waals surface area contributed by atoms with Crippen LogP contribution in [0, 0.1) is 6.92 Å². The minimum Gasteiger partial charge on any atom is -0.492 e. The van der Waals surface area contributed by atoms with Gasteiger partial charge >= 0.3 is 0 Å². The molecule has 2 heterocycles. The topological polar surface area (TPSA) is 133 Å². The number of nitrogens with one attached hydrogen (secondary N) is 2. The largest absolute Gasteiger partial charge is 0.492 e. The number of hydrogen-bond donors (Lipinski definition) is 2. The quantitative estimate of drug-likeness (QED) is 0.207. The van der Waals surface area contributed by atoms with Crippen molar-refractivity contribution in [1.29, 1.82) is 0 Å². The van der Waals surface area contributed by atoms with Crippen LogP contribution in [-0.2, 0) is 21.9 Å². The summed E-state index contributed by atoms with van der Waals surface area (Å²) in [5, 5.41) is 16.4. The Morgan fingerprint density at radius 2 is 1.73 bits per heavy atom. The number of carbonyl (C=O) groups excluding carboxylic acids is 1. The van der Waals surface area contributed by atoms with E-state index in [1.165, 1.54) is 7.11 Å². The number of anilines is 2. The number of aryl methyl sites for hydroxylation is 1. The van der Waals surface area contributed by atoms with Gasteiger partial charge in [0.2, 0.25) is 10.0 Å². The summed E-state index contributed by atoms with van der Waals surface area (Å²) < 4.78 is 35.9. The van der Waals surface area contributed by atoms with Crippen molar-refractivity contribution in [2.24, 2.45) is 0 Å². The molecule has 5 rings (SSSR count). The molecule has 45 heavy (non-hydrogen) atoms. The predicted molar refractivity (Wildman–Crippen MR) is 176 cm³/mol. The van der Waals surface area contributed by atoms with Gasteiger partial charge in [-0.3, -0.25) is 9.52 Å². The SMILES string of the molecule is CCc1c(-c2cn(-c3cc(C(=O)Nc4cc(C(C)(C)C)cc(NS(C)(=O)=O)c4OC)ccc3C)nn2)cnn1-c1ccccc1. The monoisotopic (exact) mass is 627 g/mol. The molecule has 1 amide bonds. The molecule has 0 saturated heterocycles. The summed E-state index contributed by atoms with van der Waals surface area (Å²) in [6.07, 6.45) is 5.43. The average Bonchev–Trinajstić information content (AvgIpc) is 3.64. The van der Waals surface area contributed by atoms with E-state index in [-0.39, 0.29) is 16.9 Å². The van der Waals surface area contributed by atoms with Gasteiger partial charge in [-0.05, 0) is 66.3 Å². The van der Waals surface area contributed by atoms with Gasteiger partial charge in [0.25, 0.3) is 5.91 Å². The molecule has 2 aromatic heterocycles. The first-order valence-corrected chi connectivity index (χ1v) is 16.4. The lowest BCUT2D eigenvalue weighted by Crippen LogP contribution is -2.18. The van der Waals surface area contributed by atoms with Crippen molar-refractivity contribution in [2.75, 3.05) is 23.4 Å². The van der Waals surface area contributed by atoms with Gasteiger partial charge in [0.15, 0.2) is 5.75 Å². The molecule has 0 unspecified atom stereocenters. The zero-order valence-electron chi connectivity index (χ0n) is 26.4. The van der Waals surface area contributed by atoms with E-state index in [0.717, 1.165) is 40.7 Å². The molecule has 0 saturated carbocycles. The Morgan fingerprint density at radius 1 is 1.02 bits per heavy atom. The van der Waals surface area contributed by atoms with Crippen LogP contribution >= 0.6 is 0 Å². The van der Waals surface area contributed by atoms with Gasteiger partial charge in [-0.25, -0.2) is 17.8 Å². The molecule has 3 aromatic carbocycles. The molecule has 5 aromatic rings. The maximum absolute atomic E-state index is 13.6. The highest BCUT2D eigenvalue weighted by Crippen LogP contribution is 2.39. The van der Waals surface area contributed by atoms with Gasteiger partial charge in [-0.15, -0.1) is 5.10 Å². The Labute approximate surface area is 263 Å². The zero-order chi connectivity index (χ0) is 32.5. The first-order chi connectivity index (χ1) is 21.3. The number of sulfonamides is 1. The van der Waals surface area contributed by atoms with Gasteiger partial charge in [0, 0.05) is 11.1 Å². The zero-order valence-corrected chi connectivity index (χ0v) is 27.2. The first kappa shape index (κ1) is 31.5. The van der Waals surface area contributed by atoms with E-state index >= 15 is 0 Å². The van der Waals surface area contributed by atoms with Crippen molar-refractivity contribution in [3.63, 3.8) is 0 Å². The molecule has 11 nitrogen and oxygen atoms in total. The maximum atomic E-state index is 13.6. The molecule has 0 aliphatic carbocycles. The lowest BCUT2D eigenvalue weighted by Gasteiger charge is -2.24. The summed E-state index contributed by atoms with van der Waals surface area (Å²) in [7, 11) is -2.18. The number of ether oxygens (including phenoxy) is 1. The van der Waals surface area contributed by atoms with Crippen molar-refractivity contribution in [3.05, 3.63) is 95.4 Å². The van der Waals surface area contributed by atoms with E-state index in [1.54, 1.807) is 35.1 Å². The Morgan fingerprint density at radius 3 is 2.38 bits per heavy atom. The Bertz CT molecular complexity index is 1970. The van der Waals surface area contributed by atoms with Crippen molar-refractivity contribution in [3.8, 4) is 28.4 Å². The van der Waals surface area contributed by atoms with Gasteiger partial charge in [0.1, 0.15) is 5.69 Å². The van der Waals surface area contributed by atoms with E-state index in [9.17, 15) is 13.2 Å². The molecule has 0 fully saturated rings. The molecule has 12 heteroatoms. The molecule has 0 aliphatic heterocycles. The van der Waals surface area contributed by atoms with Crippen LogP contribution in [0.25, 0.3) is 22.6 Å². The molecular formula is C33H37N7O4S. The number of amides is 1.